The number of hydrogen-bond acceptors (Lipinski definition) is 7. The molecule has 0 aliphatic carbocycles. The zero-order valence-electron chi connectivity index (χ0n) is 18.9. The highest BCUT2D eigenvalue weighted by Gasteiger charge is 2.38. The summed E-state index contributed by atoms with van der Waals surface area (Å²) >= 11 is 3.18. The molecule has 2 aromatic rings. The zero-order chi connectivity index (χ0) is 23.3. The van der Waals surface area contributed by atoms with Crippen molar-refractivity contribution in [2.24, 2.45) is 5.92 Å². The molecule has 0 radical (unpaired) electrons. The number of rotatable bonds is 9. The van der Waals surface area contributed by atoms with E-state index < -0.39 is 18.1 Å². The average molecular weight is 478 g/mol. The van der Waals surface area contributed by atoms with Crippen LogP contribution < -0.4 is 16.0 Å². The van der Waals surface area contributed by atoms with E-state index in [1.54, 1.807) is 41.5 Å². The third-order valence-electron chi connectivity index (χ3n) is 5.62. The van der Waals surface area contributed by atoms with Crippen LogP contribution in [-0.4, -0.2) is 59.3 Å². The molecule has 0 bridgehead atoms. The van der Waals surface area contributed by atoms with E-state index in [0.29, 0.717) is 19.5 Å². The lowest BCUT2D eigenvalue weighted by Gasteiger charge is -2.31. The van der Waals surface area contributed by atoms with Crippen molar-refractivity contribution in [3.05, 3.63) is 28.6 Å². The maximum Gasteiger partial charge on any atom is 0.246 e. The van der Waals surface area contributed by atoms with Gasteiger partial charge >= 0.3 is 0 Å². The van der Waals surface area contributed by atoms with Crippen LogP contribution in [0.15, 0.2) is 22.9 Å². The summed E-state index contributed by atoms with van der Waals surface area (Å²) in [6.45, 7) is 6.36. The van der Waals surface area contributed by atoms with Crippen LogP contribution in [0.3, 0.4) is 0 Å². The van der Waals surface area contributed by atoms with Crippen LogP contribution in [0, 0.1) is 5.92 Å². The molecule has 3 rings (SSSR count). The number of hydrogen-bond donors (Lipinski definition) is 3. The molecule has 1 aliphatic rings. The second-order valence-electron chi connectivity index (χ2n) is 8.27. The number of carbonyl (C=O) groups is 3. The lowest BCUT2D eigenvalue weighted by molar-refractivity contribution is -0.142. The fourth-order valence-electron chi connectivity index (χ4n) is 3.60. The maximum atomic E-state index is 13.3. The van der Waals surface area contributed by atoms with Crippen molar-refractivity contribution in [2.45, 2.75) is 58.3 Å². The molecule has 3 amide bonds. The Morgan fingerprint density at radius 2 is 2.03 bits per heavy atom. The van der Waals surface area contributed by atoms with Crippen LogP contribution in [0.5, 0.6) is 0 Å². The SMILES string of the molecule is CN[C@@H](C)C(=O)N[C@@H](C(=O)N1CCC[C@H]1C(=O)NCc1csc(-c2cccs2)n1)C(C)C. The summed E-state index contributed by atoms with van der Waals surface area (Å²) in [5.41, 5.74) is 0.802. The summed E-state index contributed by atoms with van der Waals surface area (Å²) in [5.74, 6) is -0.711. The fraction of sp³-hybridized carbons (Fsp3) is 0.545. The first-order valence-electron chi connectivity index (χ1n) is 10.9. The Bertz CT molecular complexity index is 928. The van der Waals surface area contributed by atoms with Crippen LogP contribution >= 0.6 is 22.7 Å². The van der Waals surface area contributed by atoms with Crippen LogP contribution in [0.2, 0.25) is 0 Å². The average Bonchev–Trinajstić information content (AvgIpc) is 3.55. The predicted octanol–water partition coefficient (Wildman–Crippen LogP) is 2.23. The number of likely N-dealkylation sites (tertiary alicyclic amines) is 1. The molecule has 3 N–H and O–H groups in total. The Kier molecular flexibility index (Phi) is 8.38. The smallest absolute Gasteiger partial charge is 0.246 e. The molecule has 0 unspecified atom stereocenters. The Hall–Kier alpha value is -2.30. The third-order valence-corrected chi connectivity index (χ3v) is 7.55. The fourth-order valence-corrected chi connectivity index (χ4v) is 5.24. The summed E-state index contributed by atoms with van der Waals surface area (Å²) in [5, 5.41) is 13.6. The standard InChI is InChI=1S/C22H31N5O3S2/c1-13(2)18(26-19(28)14(3)23-4)22(30)27-9-5-7-16(27)20(29)24-11-15-12-32-21(25-15)17-8-6-10-31-17/h6,8,10,12-14,16,18,23H,5,7,9,11H2,1-4H3,(H,24,29)(H,26,28)/t14-,16-,18+/m0/s1. The molecule has 3 heterocycles. The Morgan fingerprint density at radius 1 is 1.25 bits per heavy atom. The number of likely N-dealkylation sites (N-methyl/N-ethyl adjacent to an activating group) is 1. The van der Waals surface area contributed by atoms with Gasteiger partial charge in [-0.2, -0.15) is 0 Å². The summed E-state index contributed by atoms with van der Waals surface area (Å²) in [6.07, 6.45) is 1.37. The second kappa shape index (κ2) is 11.0. The van der Waals surface area contributed by atoms with Crippen molar-refractivity contribution in [3.8, 4) is 9.88 Å². The molecule has 32 heavy (non-hydrogen) atoms. The molecule has 8 nitrogen and oxygen atoms in total. The molecule has 1 saturated heterocycles. The van der Waals surface area contributed by atoms with Gasteiger partial charge in [0, 0.05) is 11.9 Å². The van der Waals surface area contributed by atoms with Crippen molar-refractivity contribution < 1.29 is 14.4 Å². The van der Waals surface area contributed by atoms with Crippen LogP contribution in [0.4, 0.5) is 0 Å². The highest BCUT2D eigenvalue weighted by Crippen LogP contribution is 2.28. The minimum Gasteiger partial charge on any atom is -0.349 e. The third kappa shape index (κ3) is 5.73. The maximum absolute atomic E-state index is 13.3. The molecule has 3 atom stereocenters. The van der Waals surface area contributed by atoms with Gasteiger partial charge in [0.25, 0.3) is 0 Å². The highest BCUT2D eigenvalue weighted by molar-refractivity contribution is 7.20. The molecule has 0 saturated carbocycles. The van der Waals surface area contributed by atoms with Gasteiger partial charge in [-0.1, -0.05) is 19.9 Å². The van der Waals surface area contributed by atoms with Crippen LogP contribution in [0.25, 0.3) is 9.88 Å². The van der Waals surface area contributed by atoms with Crippen molar-refractivity contribution in [2.75, 3.05) is 13.6 Å². The first-order chi connectivity index (χ1) is 15.3. The van der Waals surface area contributed by atoms with E-state index in [-0.39, 0.29) is 23.6 Å². The van der Waals surface area contributed by atoms with E-state index in [9.17, 15) is 14.4 Å². The Balaban J connectivity index is 1.61. The van der Waals surface area contributed by atoms with E-state index in [1.165, 1.54) is 0 Å². The lowest BCUT2D eigenvalue weighted by atomic mass is 10.0. The van der Waals surface area contributed by atoms with Gasteiger partial charge in [-0.05, 0) is 44.2 Å². The monoisotopic (exact) mass is 477 g/mol. The topological polar surface area (TPSA) is 103 Å². The quantitative estimate of drug-likeness (QED) is 0.514. The minimum atomic E-state index is -0.668. The van der Waals surface area contributed by atoms with Crippen LogP contribution in [0.1, 0.15) is 39.3 Å². The molecule has 0 spiro atoms. The number of nitrogens with zero attached hydrogens (tertiary/aromatic N) is 2. The van der Waals surface area contributed by atoms with Gasteiger partial charge in [0.1, 0.15) is 17.1 Å². The van der Waals surface area contributed by atoms with Crippen molar-refractivity contribution in [1.29, 1.82) is 0 Å². The normalized spacial score (nSPS) is 17.9. The van der Waals surface area contributed by atoms with Gasteiger partial charge in [-0.15, -0.1) is 22.7 Å². The molecule has 1 fully saturated rings. The molecular formula is C22H31N5O3S2. The number of thiophene rings is 1. The largest absolute Gasteiger partial charge is 0.349 e. The number of thiazole rings is 1. The van der Waals surface area contributed by atoms with Gasteiger partial charge in [0.2, 0.25) is 17.7 Å². The van der Waals surface area contributed by atoms with Gasteiger partial charge < -0.3 is 20.9 Å². The van der Waals surface area contributed by atoms with E-state index in [0.717, 1.165) is 22.0 Å². The van der Waals surface area contributed by atoms with Gasteiger partial charge in [-0.3, -0.25) is 14.4 Å². The van der Waals surface area contributed by atoms with Gasteiger partial charge in [0.15, 0.2) is 0 Å². The molecular weight excluding hydrogens is 446 g/mol. The summed E-state index contributed by atoms with van der Waals surface area (Å²) < 4.78 is 0. The number of aromatic nitrogens is 1. The van der Waals surface area contributed by atoms with E-state index in [1.807, 2.05) is 36.7 Å². The number of nitrogens with one attached hydrogen (secondary N) is 3. The van der Waals surface area contributed by atoms with Gasteiger partial charge in [0.05, 0.1) is 23.2 Å². The lowest BCUT2D eigenvalue weighted by Crippen LogP contribution is -2.57. The van der Waals surface area contributed by atoms with Crippen molar-refractivity contribution in [1.82, 2.24) is 25.8 Å². The highest BCUT2D eigenvalue weighted by atomic mass is 32.1. The number of carbonyl (C=O) groups excluding carboxylic acids is 3. The van der Waals surface area contributed by atoms with E-state index in [4.69, 9.17) is 0 Å². The van der Waals surface area contributed by atoms with Gasteiger partial charge in [-0.25, -0.2) is 4.98 Å². The number of amides is 3. The van der Waals surface area contributed by atoms with E-state index >= 15 is 0 Å². The van der Waals surface area contributed by atoms with Crippen molar-refractivity contribution in [3.63, 3.8) is 0 Å². The Labute approximate surface area is 196 Å². The second-order valence-corrected chi connectivity index (χ2v) is 10.1. The summed E-state index contributed by atoms with van der Waals surface area (Å²) in [6, 6.07) is 2.41. The molecule has 174 valence electrons. The summed E-state index contributed by atoms with van der Waals surface area (Å²) in [7, 11) is 1.70. The first kappa shape index (κ1) is 24.3. The predicted molar refractivity (Wildman–Crippen MR) is 127 cm³/mol. The van der Waals surface area contributed by atoms with Crippen LogP contribution in [-0.2, 0) is 20.9 Å². The van der Waals surface area contributed by atoms with Crippen molar-refractivity contribution >= 4 is 40.4 Å². The minimum absolute atomic E-state index is 0.0921. The molecule has 0 aromatic carbocycles. The summed E-state index contributed by atoms with van der Waals surface area (Å²) in [4.78, 5) is 45.8. The zero-order valence-corrected chi connectivity index (χ0v) is 20.5. The first-order valence-corrected chi connectivity index (χ1v) is 12.6. The molecule has 10 heteroatoms. The molecule has 2 aromatic heterocycles. The van der Waals surface area contributed by atoms with E-state index in [2.05, 4.69) is 20.9 Å². The molecule has 1 aliphatic heterocycles. The Morgan fingerprint density at radius 3 is 2.69 bits per heavy atom.